The summed E-state index contributed by atoms with van der Waals surface area (Å²) in [5, 5.41) is 11.3. The normalized spacial score (nSPS) is 10.6. The van der Waals surface area contributed by atoms with Gasteiger partial charge in [0.05, 0.1) is 18.0 Å². The lowest BCUT2D eigenvalue weighted by Gasteiger charge is -2.08. The molecule has 1 N–H and O–H groups in total. The fraction of sp³-hybridized carbons (Fsp3) is 0.263. The zero-order valence-electron chi connectivity index (χ0n) is 16.0. The van der Waals surface area contributed by atoms with Gasteiger partial charge >= 0.3 is 5.97 Å². The van der Waals surface area contributed by atoms with Crippen molar-refractivity contribution in [1.82, 2.24) is 30.3 Å². The Morgan fingerprint density at radius 3 is 2.59 bits per heavy atom. The van der Waals surface area contributed by atoms with Crippen LogP contribution in [0.15, 0.2) is 47.9 Å². The molecule has 0 radical (unpaired) electrons. The number of benzene rings is 1. The minimum Gasteiger partial charge on any atom is -0.465 e. The highest BCUT2D eigenvalue weighted by molar-refractivity contribution is 7.98. The molecule has 29 heavy (non-hydrogen) atoms. The van der Waals surface area contributed by atoms with Crippen molar-refractivity contribution in [2.24, 2.45) is 0 Å². The van der Waals surface area contributed by atoms with Gasteiger partial charge in [-0.25, -0.2) is 14.6 Å². The molecule has 0 saturated heterocycles. The minimum atomic E-state index is -0.514. The molecule has 0 aliphatic carbocycles. The van der Waals surface area contributed by atoms with Gasteiger partial charge in [-0.15, -0.1) is 5.10 Å². The van der Waals surface area contributed by atoms with E-state index in [1.807, 2.05) is 31.2 Å². The molecular weight excluding hydrogens is 392 g/mol. The number of aromatic nitrogens is 5. The van der Waals surface area contributed by atoms with Gasteiger partial charge in [0.15, 0.2) is 10.9 Å². The van der Waals surface area contributed by atoms with Crippen LogP contribution in [0.25, 0.3) is 5.69 Å². The predicted molar refractivity (Wildman–Crippen MR) is 107 cm³/mol. The molecule has 3 aromatic rings. The summed E-state index contributed by atoms with van der Waals surface area (Å²) in [6, 6.07) is 9.44. The topological polar surface area (TPSA) is 112 Å². The highest BCUT2D eigenvalue weighted by atomic mass is 32.2. The number of carbonyl (C=O) groups excluding carboxylic acids is 2. The number of amides is 1. The first-order chi connectivity index (χ1) is 14.1. The van der Waals surface area contributed by atoms with Gasteiger partial charge in [0, 0.05) is 18.1 Å². The Labute approximate surface area is 171 Å². The van der Waals surface area contributed by atoms with Crippen LogP contribution in [-0.2, 0) is 15.3 Å². The average Bonchev–Trinajstić information content (AvgIpc) is 3.16. The van der Waals surface area contributed by atoms with Crippen molar-refractivity contribution in [2.45, 2.75) is 24.8 Å². The Morgan fingerprint density at radius 2 is 1.90 bits per heavy atom. The molecular formula is C19H20N6O3S. The first-order valence-corrected chi connectivity index (χ1v) is 9.92. The molecule has 2 aromatic heterocycles. The zero-order chi connectivity index (χ0) is 20.6. The number of hydrogen-bond donors (Lipinski definition) is 1. The first kappa shape index (κ1) is 20.5. The third kappa shape index (κ3) is 5.38. The van der Waals surface area contributed by atoms with Crippen LogP contribution in [0.3, 0.4) is 0 Å². The summed E-state index contributed by atoms with van der Waals surface area (Å²) in [4.78, 5) is 32.5. The summed E-state index contributed by atoms with van der Waals surface area (Å²) >= 11 is 1.36. The lowest BCUT2D eigenvalue weighted by atomic mass is 10.2. The molecule has 0 bridgehead atoms. The smallest absolute Gasteiger partial charge is 0.325 e. The van der Waals surface area contributed by atoms with Crippen molar-refractivity contribution in [2.75, 3.05) is 13.2 Å². The number of aryl methyl sites for hydroxylation is 1. The molecule has 9 nitrogen and oxygen atoms in total. The number of nitrogens with one attached hydrogen (secondary N) is 1. The molecule has 2 heterocycles. The molecule has 0 aliphatic rings. The van der Waals surface area contributed by atoms with Crippen molar-refractivity contribution in [3.63, 3.8) is 0 Å². The van der Waals surface area contributed by atoms with Crippen LogP contribution in [-0.4, -0.2) is 50.0 Å². The van der Waals surface area contributed by atoms with Gasteiger partial charge in [-0.1, -0.05) is 34.7 Å². The lowest BCUT2D eigenvalue weighted by molar-refractivity contribution is -0.141. The van der Waals surface area contributed by atoms with Gasteiger partial charge < -0.3 is 10.1 Å². The second kappa shape index (κ2) is 9.78. The monoisotopic (exact) mass is 412 g/mol. The van der Waals surface area contributed by atoms with E-state index in [0.717, 1.165) is 11.3 Å². The van der Waals surface area contributed by atoms with Crippen molar-refractivity contribution < 1.29 is 14.3 Å². The third-order valence-electron chi connectivity index (χ3n) is 3.84. The van der Waals surface area contributed by atoms with Crippen LogP contribution in [0, 0.1) is 6.92 Å². The van der Waals surface area contributed by atoms with E-state index in [4.69, 9.17) is 4.74 Å². The third-order valence-corrected chi connectivity index (χ3v) is 4.72. The molecule has 1 amide bonds. The summed E-state index contributed by atoms with van der Waals surface area (Å²) in [6.07, 6.45) is 3.30. The van der Waals surface area contributed by atoms with Gasteiger partial charge in [0.2, 0.25) is 0 Å². The van der Waals surface area contributed by atoms with Crippen molar-refractivity contribution in [3.05, 3.63) is 59.7 Å². The maximum Gasteiger partial charge on any atom is 0.325 e. The molecule has 0 atom stereocenters. The SMILES string of the molecule is CCOC(=O)CNC(=O)c1nnn(-c2ccc(C)cc2)c1CSc1ncccn1. The Morgan fingerprint density at radius 1 is 1.17 bits per heavy atom. The quantitative estimate of drug-likeness (QED) is 0.339. The zero-order valence-corrected chi connectivity index (χ0v) is 16.8. The average molecular weight is 412 g/mol. The molecule has 1 aromatic carbocycles. The Hall–Kier alpha value is -3.27. The molecule has 150 valence electrons. The molecule has 0 fully saturated rings. The second-order valence-electron chi connectivity index (χ2n) is 5.94. The first-order valence-electron chi connectivity index (χ1n) is 8.93. The Kier molecular flexibility index (Phi) is 6.90. The van der Waals surface area contributed by atoms with Gasteiger partial charge in [-0.3, -0.25) is 9.59 Å². The number of rotatable bonds is 8. The van der Waals surface area contributed by atoms with Crippen LogP contribution in [0.4, 0.5) is 0 Å². The van der Waals surface area contributed by atoms with Gasteiger partial charge in [0.25, 0.3) is 5.91 Å². The van der Waals surface area contributed by atoms with Crippen molar-refractivity contribution in [3.8, 4) is 5.69 Å². The van der Waals surface area contributed by atoms with E-state index in [9.17, 15) is 9.59 Å². The summed E-state index contributed by atoms with van der Waals surface area (Å²) < 4.78 is 6.44. The van der Waals surface area contributed by atoms with E-state index >= 15 is 0 Å². The van der Waals surface area contributed by atoms with E-state index in [-0.39, 0.29) is 18.8 Å². The minimum absolute atomic E-state index is 0.137. The molecule has 0 spiro atoms. The van der Waals surface area contributed by atoms with Gasteiger partial charge in [0.1, 0.15) is 6.54 Å². The fourth-order valence-electron chi connectivity index (χ4n) is 2.44. The summed E-state index contributed by atoms with van der Waals surface area (Å²) in [6.45, 7) is 3.70. The molecule has 0 unspecified atom stereocenters. The number of thioether (sulfide) groups is 1. The highest BCUT2D eigenvalue weighted by Gasteiger charge is 2.22. The Bertz CT molecular complexity index is 975. The molecule has 3 rings (SSSR count). The second-order valence-corrected chi connectivity index (χ2v) is 6.88. The summed E-state index contributed by atoms with van der Waals surface area (Å²) in [5.74, 6) is -0.645. The maximum absolute atomic E-state index is 12.6. The molecule has 10 heteroatoms. The van der Waals surface area contributed by atoms with Gasteiger partial charge in [-0.05, 0) is 32.0 Å². The number of esters is 1. The van der Waals surface area contributed by atoms with E-state index in [0.29, 0.717) is 16.6 Å². The van der Waals surface area contributed by atoms with E-state index in [2.05, 4.69) is 25.6 Å². The van der Waals surface area contributed by atoms with Gasteiger partial charge in [-0.2, -0.15) is 0 Å². The van der Waals surface area contributed by atoms with Crippen molar-refractivity contribution in [1.29, 1.82) is 0 Å². The van der Waals surface area contributed by atoms with Crippen LogP contribution < -0.4 is 5.32 Å². The fourth-order valence-corrected chi connectivity index (χ4v) is 3.24. The predicted octanol–water partition coefficient (Wildman–Crippen LogP) is 1.95. The van der Waals surface area contributed by atoms with E-state index in [1.165, 1.54) is 11.8 Å². The highest BCUT2D eigenvalue weighted by Crippen LogP contribution is 2.23. The van der Waals surface area contributed by atoms with E-state index < -0.39 is 11.9 Å². The summed E-state index contributed by atoms with van der Waals surface area (Å²) in [5.41, 5.74) is 2.60. The number of hydrogen-bond acceptors (Lipinski definition) is 8. The van der Waals surface area contributed by atoms with E-state index in [1.54, 1.807) is 30.1 Å². The van der Waals surface area contributed by atoms with Crippen LogP contribution in [0.5, 0.6) is 0 Å². The van der Waals surface area contributed by atoms with Crippen LogP contribution in [0.2, 0.25) is 0 Å². The molecule has 0 aliphatic heterocycles. The number of nitrogens with zero attached hydrogens (tertiary/aromatic N) is 5. The Balaban J connectivity index is 1.85. The molecule has 0 saturated carbocycles. The number of ether oxygens (including phenoxy) is 1. The number of carbonyl (C=O) groups is 2. The summed E-state index contributed by atoms with van der Waals surface area (Å²) in [7, 11) is 0. The van der Waals surface area contributed by atoms with Crippen LogP contribution >= 0.6 is 11.8 Å². The maximum atomic E-state index is 12.6. The van der Waals surface area contributed by atoms with Crippen molar-refractivity contribution >= 4 is 23.6 Å². The lowest BCUT2D eigenvalue weighted by Crippen LogP contribution is -2.31. The standard InChI is InChI=1S/C19H20N6O3S/c1-3-28-16(26)11-22-18(27)17-15(12-29-19-20-9-4-10-21-19)25(24-23-17)14-7-5-13(2)6-8-14/h4-10H,3,11-12H2,1-2H3,(H,22,27). The van der Waals surface area contributed by atoms with Crippen LogP contribution in [0.1, 0.15) is 28.7 Å². The largest absolute Gasteiger partial charge is 0.465 e.